The Labute approximate surface area is 147 Å². The molecule has 1 aromatic heterocycles. The number of hydrogen-bond donors (Lipinski definition) is 1. The predicted octanol–water partition coefficient (Wildman–Crippen LogP) is 2.63. The summed E-state index contributed by atoms with van der Waals surface area (Å²) in [5.74, 6) is -1.13. The van der Waals surface area contributed by atoms with Crippen LogP contribution in [0.15, 0.2) is 30.3 Å². The fraction of sp³-hybridized carbons (Fsp3) is 0.421. The largest absolute Gasteiger partial charge is 0.480 e. The Morgan fingerprint density at radius 1 is 1.24 bits per heavy atom. The summed E-state index contributed by atoms with van der Waals surface area (Å²) in [5.41, 5.74) is 3.53. The Morgan fingerprint density at radius 2 is 2.04 bits per heavy atom. The van der Waals surface area contributed by atoms with E-state index < -0.39 is 12.0 Å². The molecule has 0 unspecified atom stereocenters. The molecule has 0 aliphatic carbocycles. The number of piperidine rings is 1. The van der Waals surface area contributed by atoms with E-state index in [-0.39, 0.29) is 5.91 Å². The second-order valence-corrected chi connectivity index (χ2v) is 6.63. The first-order valence-electron chi connectivity index (χ1n) is 8.59. The Morgan fingerprint density at radius 3 is 2.72 bits per heavy atom. The highest BCUT2D eigenvalue weighted by Crippen LogP contribution is 2.21. The summed E-state index contributed by atoms with van der Waals surface area (Å²) in [6.07, 6.45) is 2.21. The lowest BCUT2D eigenvalue weighted by Gasteiger charge is -2.33. The van der Waals surface area contributed by atoms with Crippen LogP contribution in [0.25, 0.3) is 0 Å². The maximum atomic E-state index is 12.8. The Balaban J connectivity index is 1.81. The van der Waals surface area contributed by atoms with E-state index in [9.17, 15) is 14.7 Å². The van der Waals surface area contributed by atoms with Crippen LogP contribution in [0.3, 0.4) is 0 Å². The number of nitrogens with zero attached hydrogens (tertiary/aromatic N) is 3. The SMILES string of the molecule is Cc1cc(C)n(Cc2cccc(C(=O)N3CCCC[C@@H]3C(=O)O)c2)n1. The quantitative estimate of drug-likeness (QED) is 0.927. The highest BCUT2D eigenvalue weighted by molar-refractivity contribution is 5.96. The summed E-state index contributed by atoms with van der Waals surface area (Å²) in [4.78, 5) is 25.8. The van der Waals surface area contributed by atoms with Crippen LogP contribution >= 0.6 is 0 Å². The minimum absolute atomic E-state index is 0.206. The molecule has 0 bridgehead atoms. The van der Waals surface area contributed by atoms with Crippen LogP contribution in [-0.4, -0.2) is 44.3 Å². The molecule has 1 aliphatic heterocycles. The smallest absolute Gasteiger partial charge is 0.326 e. The van der Waals surface area contributed by atoms with Crippen LogP contribution in [0.4, 0.5) is 0 Å². The summed E-state index contributed by atoms with van der Waals surface area (Å²) in [7, 11) is 0. The van der Waals surface area contributed by atoms with Gasteiger partial charge in [0.2, 0.25) is 0 Å². The minimum Gasteiger partial charge on any atom is -0.480 e. The third kappa shape index (κ3) is 3.73. The zero-order chi connectivity index (χ0) is 18.0. The van der Waals surface area contributed by atoms with Gasteiger partial charge in [0.1, 0.15) is 6.04 Å². The number of carboxylic acid groups (broad SMARTS) is 1. The van der Waals surface area contributed by atoms with E-state index in [2.05, 4.69) is 5.10 Å². The molecule has 1 atom stereocenters. The molecule has 3 rings (SSSR count). The maximum absolute atomic E-state index is 12.8. The molecule has 0 radical (unpaired) electrons. The molecule has 132 valence electrons. The number of aliphatic carboxylic acids is 1. The van der Waals surface area contributed by atoms with Gasteiger partial charge >= 0.3 is 5.97 Å². The van der Waals surface area contributed by atoms with Crippen molar-refractivity contribution in [2.24, 2.45) is 0 Å². The van der Waals surface area contributed by atoms with Gasteiger partial charge < -0.3 is 10.0 Å². The molecule has 0 saturated carbocycles. The summed E-state index contributed by atoms with van der Waals surface area (Å²) in [6, 6.07) is 8.68. The lowest BCUT2D eigenvalue weighted by Crippen LogP contribution is -2.48. The minimum atomic E-state index is -0.924. The van der Waals surface area contributed by atoms with Gasteiger partial charge in [-0.2, -0.15) is 5.10 Å². The molecule has 1 N–H and O–H groups in total. The van der Waals surface area contributed by atoms with Crippen molar-refractivity contribution in [3.8, 4) is 0 Å². The van der Waals surface area contributed by atoms with Crippen molar-refractivity contribution in [1.29, 1.82) is 0 Å². The van der Waals surface area contributed by atoms with Gasteiger partial charge in [-0.15, -0.1) is 0 Å². The number of hydrogen-bond acceptors (Lipinski definition) is 3. The van der Waals surface area contributed by atoms with Crippen molar-refractivity contribution in [3.63, 3.8) is 0 Å². The first-order valence-corrected chi connectivity index (χ1v) is 8.59. The first-order chi connectivity index (χ1) is 12.0. The standard InChI is InChI=1S/C19H23N3O3/c1-13-10-14(2)22(20-13)12-15-6-5-7-16(11-15)18(23)21-9-4-3-8-17(21)19(24)25/h5-7,10-11,17H,3-4,8-9,12H2,1-2H3,(H,24,25)/t17-/m1/s1. The van der Waals surface area contributed by atoms with Crippen molar-refractivity contribution >= 4 is 11.9 Å². The first kappa shape index (κ1) is 17.2. The van der Waals surface area contributed by atoms with E-state index in [0.717, 1.165) is 29.8 Å². The van der Waals surface area contributed by atoms with Gasteiger partial charge in [-0.3, -0.25) is 9.48 Å². The third-order valence-corrected chi connectivity index (χ3v) is 4.66. The fourth-order valence-electron chi connectivity index (χ4n) is 3.41. The molecule has 1 aromatic carbocycles. The number of likely N-dealkylation sites (tertiary alicyclic amines) is 1. The predicted molar refractivity (Wildman–Crippen MR) is 93.6 cm³/mol. The second-order valence-electron chi connectivity index (χ2n) is 6.63. The van der Waals surface area contributed by atoms with Crippen molar-refractivity contribution in [1.82, 2.24) is 14.7 Å². The molecule has 1 amide bonds. The van der Waals surface area contributed by atoms with Crippen molar-refractivity contribution in [2.45, 2.75) is 45.7 Å². The molecule has 0 spiro atoms. The van der Waals surface area contributed by atoms with Crippen LogP contribution < -0.4 is 0 Å². The maximum Gasteiger partial charge on any atom is 0.326 e. The number of carbonyl (C=O) groups is 2. The zero-order valence-electron chi connectivity index (χ0n) is 14.6. The average Bonchev–Trinajstić information content (AvgIpc) is 2.91. The molecule has 2 aromatic rings. The third-order valence-electron chi connectivity index (χ3n) is 4.66. The summed E-state index contributed by atoms with van der Waals surface area (Å²) in [5, 5.41) is 13.8. The van der Waals surface area contributed by atoms with Gasteiger partial charge in [0.05, 0.1) is 12.2 Å². The van der Waals surface area contributed by atoms with Gasteiger partial charge in [0, 0.05) is 17.8 Å². The number of carboxylic acids is 1. The van der Waals surface area contributed by atoms with Gasteiger partial charge in [0.25, 0.3) is 5.91 Å². The number of benzene rings is 1. The summed E-state index contributed by atoms with van der Waals surface area (Å²) in [6.45, 7) is 5.03. The highest BCUT2D eigenvalue weighted by Gasteiger charge is 2.32. The van der Waals surface area contributed by atoms with Crippen LogP contribution in [0.1, 0.15) is 46.6 Å². The van der Waals surface area contributed by atoms with Gasteiger partial charge in [-0.25, -0.2) is 4.79 Å². The molecule has 6 heteroatoms. The molecule has 1 saturated heterocycles. The molecule has 6 nitrogen and oxygen atoms in total. The molecule has 1 aliphatic rings. The molecular formula is C19H23N3O3. The van der Waals surface area contributed by atoms with Gasteiger partial charge in [0.15, 0.2) is 0 Å². The number of carbonyl (C=O) groups excluding carboxylic acids is 1. The Kier molecular flexibility index (Phi) is 4.88. The number of aromatic nitrogens is 2. The molecule has 2 heterocycles. The van der Waals surface area contributed by atoms with Crippen LogP contribution in [-0.2, 0) is 11.3 Å². The lowest BCUT2D eigenvalue weighted by atomic mass is 10.0. The summed E-state index contributed by atoms with van der Waals surface area (Å²) >= 11 is 0. The van der Waals surface area contributed by atoms with E-state index >= 15 is 0 Å². The Bertz CT molecular complexity index is 797. The van der Waals surface area contributed by atoms with E-state index in [1.807, 2.05) is 42.8 Å². The van der Waals surface area contributed by atoms with Crippen LogP contribution in [0, 0.1) is 13.8 Å². The van der Waals surface area contributed by atoms with E-state index in [1.54, 1.807) is 6.07 Å². The van der Waals surface area contributed by atoms with Crippen molar-refractivity contribution < 1.29 is 14.7 Å². The van der Waals surface area contributed by atoms with E-state index in [0.29, 0.717) is 25.1 Å². The lowest BCUT2D eigenvalue weighted by molar-refractivity contribution is -0.143. The second kappa shape index (κ2) is 7.09. The topological polar surface area (TPSA) is 75.4 Å². The van der Waals surface area contributed by atoms with E-state index in [1.165, 1.54) is 4.90 Å². The van der Waals surface area contributed by atoms with Crippen molar-refractivity contribution in [3.05, 3.63) is 52.8 Å². The van der Waals surface area contributed by atoms with Gasteiger partial charge in [-0.05, 0) is 56.9 Å². The van der Waals surface area contributed by atoms with Crippen LogP contribution in [0.5, 0.6) is 0 Å². The number of rotatable bonds is 4. The zero-order valence-corrected chi connectivity index (χ0v) is 14.6. The number of amides is 1. The average molecular weight is 341 g/mol. The molecule has 1 fully saturated rings. The van der Waals surface area contributed by atoms with E-state index in [4.69, 9.17) is 0 Å². The summed E-state index contributed by atoms with van der Waals surface area (Å²) < 4.78 is 1.90. The van der Waals surface area contributed by atoms with Gasteiger partial charge in [-0.1, -0.05) is 12.1 Å². The van der Waals surface area contributed by atoms with Crippen LogP contribution in [0.2, 0.25) is 0 Å². The Hall–Kier alpha value is -2.63. The van der Waals surface area contributed by atoms with Crippen molar-refractivity contribution in [2.75, 3.05) is 6.54 Å². The normalized spacial score (nSPS) is 17.5. The molecular weight excluding hydrogens is 318 g/mol. The molecule has 25 heavy (non-hydrogen) atoms. The highest BCUT2D eigenvalue weighted by atomic mass is 16.4. The monoisotopic (exact) mass is 341 g/mol. The fourth-order valence-corrected chi connectivity index (χ4v) is 3.41. The number of aryl methyl sites for hydroxylation is 2.